The summed E-state index contributed by atoms with van der Waals surface area (Å²) in [6.45, 7) is -0.0556. The second-order valence-electron chi connectivity index (χ2n) is 2.27. The normalized spacial score (nSPS) is 8.94. The molecule has 0 aromatic heterocycles. The van der Waals surface area contributed by atoms with Gasteiger partial charge in [-0.05, 0) is 0 Å². The first-order valence-corrected chi connectivity index (χ1v) is 5.35. The van der Waals surface area contributed by atoms with Crippen molar-refractivity contribution in [2.75, 3.05) is 6.54 Å². The molecular weight excluding hydrogens is 236 g/mol. The van der Waals surface area contributed by atoms with Gasteiger partial charge in [-0.25, -0.2) is 0 Å². The van der Waals surface area contributed by atoms with E-state index in [0.717, 1.165) is 0 Å². The third-order valence-corrected chi connectivity index (χ3v) is 0.868. The van der Waals surface area contributed by atoms with Crippen LogP contribution >= 0.6 is 0 Å². The zero-order valence-electron chi connectivity index (χ0n) is 8.35. The van der Waals surface area contributed by atoms with E-state index in [4.69, 9.17) is 23.3 Å². The number of carbonyl (C=O) groups excluding carboxylic acids is 1. The number of nitrogens with two attached hydrogens (primary N) is 2. The second kappa shape index (κ2) is 10.1. The first-order valence-electron chi connectivity index (χ1n) is 3.95. The van der Waals surface area contributed by atoms with Gasteiger partial charge in [-0.15, -0.1) is 0 Å². The van der Waals surface area contributed by atoms with Crippen LogP contribution in [0, 0.1) is 0 Å². The Kier molecular flexibility index (Phi) is 10.6. The molecule has 0 aliphatic heterocycles. The van der Waals surface area contributed by atoms with Crippen molar-refractivity contribution in [1.82, 2.24) is 0 Å². The van der Waals surface area contributed by atoms with E-state index in [1.54, 1.807) is 0 Å². The third-order valence-electron chi connectivity index (χ3n) is 0.868. The Morgan fingerprint density at radius 1 is 1.00 bits per heavy atom. The smallest absolute Gasteiger partial charge is 0.369 e. The van der Waals surface area contributed by atoms with E-state index in [2.05, 4.69) is 5.73 Å². The van der Waals surface area contributed by atoms with Gasteiger partial charge in [0.2, 0.25) is 5.91 Å². The average Bonchev–Trinajstić information content (AvgIpc) is 2.19. The predicted molar refractivity (Wildman–Crippen MR) is 58.9 cm³/mol. The number of benzene rings is 1. The zero-order chi connectivity index (χ0) is 13.0. The zero-order valence-corrected chi connectivity index (χ0v) is 9.17. The molecule has 0 aliphatic carbocycles. The molecular formula is C8H14N2O5S. The van der Waals surface area contributed by atoms with Gasteiger partial charge in [0.25, 0.3) is 0 Å². The lowest BCUT2D eigenvalue weighted by molar-refractivity contribution is -0.116. The van der Waals surface area contributed by atoms with E-state index in [1.807, 2.05) is 36.4 Å². The van der Waals surface area contributed by atoms with Crippen LogP contribution in [0.3, 0.4) is 0 Å². The summed E-state index contributed by atoms with van der Waals surface area (Å²) in [5, 5.41) is 0. The largest absolute Gasteiger partial charge is 0.394 e. The van der Waals surface area contributed by atoms with Gasteiger partial charge in [0.15, 0.2) is 0 Å². The fraction of sp³-hybridized carbons (Fsp3) is 0.125. The molecule has 0 bridgehead atoms. The van der Waals surface area contributed by atoms with E-state index in [9.17, 15) is 4.79 Å². The number of primary amides is 1. The van der Waals surface area contributed by atoms with Gasteiger partial charge in [0.1, 0.15) is 0 Å². The second-order valence-corrected chi connectivity index (χ2v) is 3.17. The van der Waals surface area contributed by atoms with E-state index >= 15 is 0 Å². The highest BCUT2D eigenvalue weighted by Gasteiger charge is 1.84. The van der Waals surface area contributed by atoms with E-state index in [1.165, 1.54) is 0 Å². The lowest BCUT2D eigenvalue weighted by Crippen LogP contribution is -2.21. The Labute approximate surface area is 93.6 Å². The molecule has 0 heterocycles. The predicted octanol–water partition coefficient (Wildman–Crippen LogP) is -0.536. The fourth-order valence-electron chi connectivity index (χ4n) is 0.385. The topological polar surface area (TPSA) is 144 Å². The maximum Gasteiger partial charge on any atom is 0.394 e. The SMILES string of the molecule is NCC(N)=O.O=S(=O)(O)O.c1ccccc1. The van der Waals surface area contributed by atoms with Crippen LogP contribution < -0.4 is 11.5 Å². The molecule has 0 unspecified atom stereocenters. The third kappa shape index (κ3) is 39.1. The van der Waals surface area contributed by atoms with Crippen LogP contribution in [-0.2, 0) is 15.2 Å². The fourth-order valence-corrected chi connectivity index (χ4v) is 0.385. The summed E-state index contributed by atoms with van der Waals surface area (Å²) in [6, 6.07) is 12.0. The van der Waals surface area contributed by atoms with Crippen molar-refractivity contribution in [3.63, 3.8) is 0 Å². The molecule has 0 atom stereocenters. The lowest BCUT2D eigenvalue weighted by atomic mass is 10.4. The number of hydrogen-bond donors (Lipinski definition) is 4. The molecule has 1 aromatic rings. The quantitative estimate of drug-likeness (QED) is 0.493. The molecule has 0 fully saturated rings. The molecule has 7 nitrogen and oxygen atoms in total. The Morgan fingerprint density at radius 3 is 1.19 bits per heavy atom. The molecule has 6 N–H and O–H groups in total. The van der Waals surface area contributed by atoms with E-state index < -0.39 is 16.3 Å². The molecule has 1 amide bonds. The van der Waals surface area contributed by atoms with Crippen LogP contribution in [-0.4, -0.2) is 30.0 Å². The van der Waals surface area contributed by atoms with E-state index in [0.29, 0.717) is 0 Å². The van der Waals surface area contributed by atoms with E-state index in [-0.39, 0.29) is 6.54 Å². The molecule has 0 spiro atoms. The Hall–Kier alpha value is -1.48. The van der Waals surface area contributed by atoms with Crippen LogP contribution in [0.25, 0.3) is 0 Å². The Morgan fingerprint density at radius 2 is 1.12 bits per heavy atom. The van der Waals surface area contributed by atoms with Crippen LogP contribution in [0.4, 0.5) is 0 Å². The monoisotopic (exact) mass is 250 g/mol. The van der Waals surface area contributed by atoms with Crippen LogP contribution in [0.2, 0.25) is 0 Å². The number of hydrogen-bond acceptors (Lipinski definition) is 4. The van der Waals surface area contributed by atoms with Gasteiger partial charge < -0.3 is 11.5 Å². The van der Waals surface area contributed by atoms with Gasteiger partial charge >= 0.3 is 10.4 Å². The first kappa shape index (κ1) is 16.9. The highest BCUT2D eigenvalue weighted by Crippen LogP contribution is 1.79. The molecule has 16 heavy (non-hydrogen) atoms. The average molecular weight is 250 g/mol. The maximum atomic E-state index is 9.47. The highest BCUT2D eigenvalue weighted by molar-refractivity contribution is 7.79. The molecule has 1 rings (SSSR count). The molecule has 0 radical (unpaired) electrons. The summed E-state index contributed by atoms with van der Waals surface area (Å²) in [4.78, 5) is 9.47. The summed E-state index contributed by atoms with van der Waals surface area (Å²) >= 11 is 0. The first-order chi connectivity index (χ1) is 7.27. The Balaban J connectivity index is 0. The van der Waals surface area contributed by atoms with Crippen molar-refractivity contribution in [1.29, 1.82) is 0 Å². The van der Waals surface area contributed by atoms with Crippen molar-refractivity contribution in [3.05, 3.63) is 36.4 Å². The Bertz CT molecular complexity index is 331. The van der Waals surface area contributed by atoms with Crippen LogP contribution in [0.15, 0.2) is 36.4 Å². The van der Waals surface area contributed by atoms with Crippen LogP contribution in [0.5, 0.6) is 0 Å². The van der Waals surface area contributed by atoms with Gasteiger partial charge in [-0.1, -0.05) is 36.4 Å². The van der Waals surface area contributed by atoms with Gasteiger partial charge in [-0.3, -0.25) is 13.9 Å². The number of carbonyl (C=O) groups is 1. The minimum absolute atomic E-state index is 0.0556. The van der Waals surface area contributed by atoms with Crippen molar-refractivity contribution < 1.29 is 22.3 Å². The summed E-state index contributed by atoms with van der Waals surface area (Å²) in [6.07, 6.45) is 0. The molecule has 92 valence electrons. The van der Waals surface area contributed by atoms with Gasteiger partial charge in [0.05, 0.1) is 6.54 Å². The standard InChI is InChI=1S/C6H6.C2H6N2O.H2O4S/c1-2-4-6-5-3-1;3-1-2(4)5;1-5(2,3)4/h1-6H;1,3H2,(H2,4,5);(H2,1,2,3,4). The minimum atomic E-state index is -4.67. The highest BCUT2D eigenvalue weighted by atomic mass is 32.3. The number of rotatable bonds is 1. The molecule has 0 saturated carbocycles. The summed E-state index contributed by atoms with van der Waals surface area (Å²) in [7, 11) is -4.67. The van der Waals surface area contributed by atoms with Crippen molar-refractivity contribution in [2.45, 2.75) is 0 Å². The van der Waals surface area contributed by atoms with Gasteiger partial charge in [-0.2, -0.15) is 8.42 Å². The van der Waals surface area contributed by atoms with Crippen molar-refractivity contribution in [2.24, 2.45) is 11.5 Å². The minimum Gasteiger partial charge on any atom is -0.369 e. The molecule has 0 saturated heterocycles. The lowest BCUT2D eigenvalue weighted by Gasteiger charge is -1.74. The summed E-state index contributed by atoms with van der Waals surface area (Å²) in [5.41, 5.74) is 9.22. The van der Waals surface area contributed by atoms with Gasteiger partial charge in [0, 0.05) is 0 Å². The van der Waals surface area contributed by atoms with Crippen molar-refractivity contribution in [3.8, 4) is 0 Å². The number of amides is 1. The maximum absolute atomic E-state index is 9.47. The summed E-state index contributed by atoms with van der Waals surface area (Å²) in [5.74, 6) is -0.468. The molecule has 8 heteroatoms. The molecule has 0 aliphatic rings. The molecule has 1 aromatic carbocycles. The van der Waals surface area contributed by atoms with Crippen LogP contribution in [0.1, 0.15) is 0 Å². The van der Waals surface area contributed by atoms with Crippen molar-refractivity contribution >= 4 is 16.3 Å². The summed E-state index contributed by atoms with van der Waals surface area (Å²) < 4.78 is 31.6.